The van der Waals surface area contributed by atoms with E-state index in [1.807, 2.05) is 54.3 Å². The number of aromatic nitrogens is 3. The SMILES string of the molecule is CSc1nc(-c2ccc(C(F)(F)F)cc2)c2cc(-c3ccccc3)n(C)c2n1. The van der Waals surface area contributed by atoms with Crippen LogP contribution in [0.4, 0.5) is 13.2 Å². The summed E-state index contributed by atoms with van der Waals surface area (Å²) >= 11 is 1.40. The molecule has 2 aromatic carbocycles. The van der Waals surface area contributed by atoms with E-state index in [4.69, 9.17) is 0 Å². The fourth-order valence-corrected chi connectivity index (χ4v) is 3.55. The third-order valence-corrected chi connectivity index (χ3v) is 5.15. The molecule has 0 bridgehead atoms. The van der Waals surface area contributed by atoms with Crippen molar-refractivity contribution in [3.05, 3.63) is 66.2 Å². The Morgan fingerprint density at radius 1 is 0.893 bits per heavy atom. The van der Waals surface area contributed by atoms with E-state index in [1.165, 1.54) is 23.9 Å². The number of hydrogen-bond acceptors (Lipinski definition) is 3. The van der Waals surface area contributed by atoms with E-state index in [0.29, 0.717) is 16.4 Å². The zero-order valence-electron chi connectivity index (χ0n) is 15.2. The van der Waals surface area contributed by atoms with E-state index in [0.717, 1.165) is 34.4 Å². The second-order valence-electron chi connectivity index (χ2n) is 6.33. The van der Waals surface area contributed by atoms with Crippen LogP contribution in [0.3, 0.4) is 0 Å². The first kappa shape index (κ1) is 18.6. The van der Waals surface area contributed by atoms with Gasteiger partial charge in [-0.3, -0.25) is 0 Å². The summed E-state index contributed by atoms with van der Waals surface area (Å²) in [5.41, 5.74) is 3.32. The minimum absolute atomic E-state index is 0.572. The van der Waals surface area contributed by atoms with Crippen molar-refractivity contribution < 1.29 is 13.2 Å². The van der Waals surface area contributed by atoms with Crippen molar-refractivity contribution in [2.24, 2.45) is 7.05 Å². The summed E-state index contributed by atoms with van der Waals surface area (Å²) < 4.78 is 40.7. The molecule has 4 rings (SSSR count). The smallest absolute Gasteiger partial charge is 0.328 e. The van der Waals surface area contributed by atoms with Crippen molar-refractivity contribution in [2.45, 2.75) is 11.3 Å². The first-order valence-corrected chi connectivity index (χ1v) is 9.75. The topological polar surface area (TPSA) is 30.7 Å². The predicted molar refractivity (Wildman–Crippen MR) is 106 cm³/mol. The lowest BCUT2D eigenvalue weighted by Crippen LogP contribution is -2.04. The van der Waals surface area contributed by atoms with Gasteiger partial charge in [0.15, 0.2) is 5.16 Å². The van der Waals surface area contributed by atoms with Crippen molar-refractivity contribution in [1.82, 2.24) is 14.5 Å². The fourth-order valence-electron chi connectivity index (χ4n) is 3.19. The second kappa shape index (κ2) is 6.98. The predicted octanol–water partition coefficient (Wildman–Crippen LogP) is 6.04. The van der Waals surface area contributed by atoms with Gasteiger partial charge >= 0.3 is 6.18 Å². The molecule has 0 atom stereocenters. The van der Waals surface area contributed by atoms with Crippen LogP contribution < -0.4 is 0 Å². The number of rotatable bonds is 3. The number of aryl methyl sites for hydroxylation is 1. The highest BCUT2D eigenvalue weighted by Crippen LogP contribution is 2.35. The molecule has 0 amide bonds. The Balaban J connectivity index is 1.93. The number of thioether (sulfide) groups is 1. The molecular weight excluding hydrogens is 383 g/mol. The third-order valence-electron chi connectivity index (χ3n) is 4.60. The Labute approximate surface area is 164 Å². The van der Waals surface area contributed by atoms with Gasteiger partial charge in [0.25, 0.3) is 0 Å². The molecule has 28 heavy (non-hydrogen) atoms. The molecule has 0 spiro atoms. The van der Waals surface area contributed by atoms with Gasteiger partial charge in [0.2, 0.25) is 0 Å². The molecule has 0 N–H and O–H groups in total. The molecule has 3 nitrogen and oxygen atoms in total. The minimum atomic E-state index is -4.36. The molecule has 0 aliphatic rings. The van der Waals surface area contributed by atoms with E-state index in [1.54, 1.807) is 0 Å². The normalized spacial score (nSPS) is 11.9. The van der Waals surface area contributed by atoms with Crippen molar-refractivity contribution in [1.29, 1.82) is 0 Å². The number of halogens is 3. The van der Waals surface area contributed by atoms with E-state index < -0.39 is 11.7 Å². The Morgan fingerprint density at radius 3 is 2.18 bits per heavy atom. The lowest BCUT2D eigenvalue weighted by atomic mass is 10.1. The maximum Gasteiger partial charge on any atom is 0.416 e. The highest BCUT2D eigenvalue weighted by molar-refractivity contribution is 7.98. The maximum atomic E-state index is 12.9. The first-order chi connectivity index (χ1) is 13.4. The molecule has 0 unspecified atom stereocenters. The summed E-state index contributed by atoms with van der Waals surface area (Å²) in [7, 11) is 1.93. The standard InChI is InChI=1S/C21H16F3N3S/c1-27-17(13-6-4-3-5-7-13)12-16-18(25-20(28-2)26-19(16)27)14-8-10-15(11-9-14)21(22,23)24/h3-12H,1-2H3. The molecule has 7 heteroatoms. The molecule has 0 radical (unpaired) electrons. The molecule has 2 aromatic heterocycles. The Bertz CT molecular complexity index is 1130. The average molecular weight is 399 g/mol. The lowest BCUT2D eigenvalue weighted by Gasteiger charge is -2.09. The van der Waals surface area contributed by atoms with Crippen LogP contribution in [-0.2, 0) is 13.2 Å². The number of hydrogen-bond donors (Lipinski definition) is 0. The quantitative estimate of drug-likeness (QED) is 0.311. The first-order valence-electron chi connectivity index (χ1n) is 8.53. The van der Waals surface area contributed by atoms with Crippen molar-refractivity contribution in [3.63, 3.8) is 0 Å². The van der Waals surface area contributed by atoms with Crippen LogP contribution >= 0.6 is 11.8 Å². The molecule has 0 fully saturated rings. The summed E-state index contributed by atoms with van der Waals surface area (Å²) in [5, 5.41) is 1.38. The third kappa shape index (κ3) is 3.26. The number of nitrogens with zero attached hydrogens (tertiary/aromatic N) is 3. The van der Waals surface area contributed by atoms with Gasteiger partial charge in [-0.1, -0.05) is 54.2 Å². The Kier molecular flexibility index (Phi) is 4.63. The molecule has 142 valence electrons. The van der Waals surface area contributed by atoms with E-state index in [-0.39, 0.29) is 0 Å². The zero-order valence-corrected chi connectivity index (χ0v) is 16.0. The second-order valence-corrected chi connectivity index (χ2v) is 7.10. The number of benzene rings is 2. The van der Waals surface area contributed by atoms with Crippen LogP contribution in [0.25, 0.3) is 33.5 Å². The summed E-state index contributed by atoms with van der Waals surface area (Å²) in [6.07, 6.45) is -2.49. The van der Waals surface area contributed by atoms with Crippen LogP contribution in [0, 0.1) is 0 Å². The van der Waals surface area contributed by atoms with Gasteiger partial charge in [0.1, 0.15) is 5.65 Å². The molecule has 0 saturated heterocycles. The molecule has 2 heterocycles. The monoisotopic (exact) mass is 399 g/mol. The van der Waals surface area contributed by atoms with Crippen LogP contribution in [0.15, 0.2) is 65.8 Å². The number of alkyl halides is 3. The lowest BCUT2D eigenvalue weighted by molar-refractivity contribution is -0.137. The summed E-state index contributed by atoms with van der Waals surface area (Å²) in [5.74, 6) is 0. The molecule has 0 saturated carbocycles. The molecule has 0 aliphatic carbocycles. The van der Waals surface area contributed by atoms with E-state index in [9.17, 15) is 13.2 Å². The van der Waals surface area contributed by atoms with Gasteiger partial charge in [0.05, 0.1) is 17.0 Å². The van der Waals surface area contributed by atoms with Crippen LogP contribution in [0.5, 0.6) is 0 Å². The maximum absolute atomic E-state index is 12.9. The average Bonchev–Trinajstić information content (AvgIpc) is 3.04. The van der Waals surface area contributed by atoms with Gasteiger partial charge in [-0.25, -0.2) is 9.97 Å². The zero-order chi connectivity index (χ0) is 19.9. The molecular formula is C21H16F3N3S. The minimum Gasteiger partial charge on any atom is -0.328 e. The van der Waals surface area contributed by atoms with Gasteiger partial charge in [-0.2, -0.15) is 13.2 Å². The van der Waals surface area contributed by atoms with Gasteiger partial charge < -0.3 is 4.57 Å². The van der Waals surface area contributed by atoms with E-state index in [2.05, 4.69) is 9.97 Å². The van der Waals surface area contributed by atoms with Crippen molar-refractivity contribution in [2.75, 3.05) is 6.26 Å². The number of fused-ring (bicyclic) bond motifs is 1. The highest BCUT2D eigenvalue weighted by atomic mass is 32.2. The largest absolute Gasteiger partial charge is 0.416 e. The summed E-state index contributed by atoms with van der Waals surface area (Å²) in [4.78, 5) is 9.20. The summed E-state index contributed by atoms with van der Waals surface area (Å²) in [6.45, 7) is 0. The Hall–Kier alpha value is -2.80. The van der Waals surface area contributed by atoms with E-state index >= 15 is 0 Å². The van der Waals surface area contributed by atoms with Crippen LogP contribution in [-0.4, -0.2) is 20.8 Å². The van der Waals surface area contributed by atoms with Gasteiger partial charge in [-0.05, 0) is 30.0 Å². The van der Waals surface area contributed by atoms with Gasteiger partial charge in [0, 0.05) is 18.0 Å². The van der Waals surface area contributed by atoms with Crippen LogP contribution in [0.1, 0.15) is 5.56 Å². The Morgan fingerprint density at radius 2 is 1.57 bits per heavy atom. The van der Waals surface area contributed by atoms with Crippen molar-refractivity contribution >= 4 is 22.8 Å². The highest BCUT2D eigenvalue weighted by Gasteiger charge is 2.30. The molecule has 0 aliphatic heterocycles. The van der Waals surface area contributed by atoms with Gasteiger partial charge in [-0.15, -0.1) is 0 Å². The molecule has 4 aromatic rings. The summed E-state index contributed by atoms with van der Waals surface area (Å²) in [6, 6.07) is 17.0. The van der Waals surface area contributed by atoms with Crippen molar-refractivity contribution in [3.8, 4) is 22.5 Å². The van der Waals surface area contributed by atoms with Crippen LogP contribution in [0.2, 0.25) is 0 Å². The fraction of sp³-hybridized carbons (Fsp3) is 0.143.